The summed E-state index contributed by atoms with van der Waals surface area (Å²) in [5.74, 6) is 1.31. The number of hydroxylamine groups is 2. The highest BCUT2D eigenvalue weighted by Gasteiger charge is 2.10. The molecule has 0 spiro atoms. The van der Waals surface area contributed by atoms with Crippen LogP contribution in [0.3, 0.4) is 0 Å². The van der Waals surface area contributed by atoms with Crippen LogP contribution < -0.4 is 5.32 Å². The summed E-state index contributed by atoms with van der Waals surface area (Å²) in [4.78, 5) is 4.88. The Morgan fingerprint density at radius 2 is 1.58 bits per heavy atom. The summed E-state index contributed by atoms with van der Waals surface area (Å²) in [5, 5.41) is 14.4. The summed E-state index contributed by atoms with van der Waals surface area (Å²) in [7, 11) is 2.93. The van der Waals surface area contributed by atoms with Crippen LogP contribution in [0.4, 0.5) is 0 Å². The van der Waals surface area contributed by atoms with Crippen molar-refractivity contribution in [1.29, 1.82) is 0 Å². The Kier molecular flexibility index (Phi) is 4.35. The molecule has 0 saturated heterocycles. The van der Waals surface area contributed by atoms with E-state index < -0.39 is 0 Å². The summed E-state index contributed by atoms with van der Waals surface area (Å²) in [6.45, 7) is 0. The smallest absolute Gasteiger partial charge is 0.173 e. The summed E-state index contributed by atoms with van der Waals surface area (Å²) >= 11 is 0. The zero-order valence-electron chi connectivity index (χ0n) is 11.0. The van der Waals surface area contributed by atoms with E-state index in [0.717, 1.165) is 36.4 Å². The number of ether oxygens (including phenoxy) is 1. The largest absolute Gasteiger partial charge is 0.753 e. The highest BCUT2D eigenvalue weighted by Crippen LogP contribution is 2.18. The lowest BCUT2D eigenvalue weighted by Crippen LogP contribution is -2.15. The van der Waals surface area contributed by atoms with Gasteiger partial charge in [-0.3, -0.25) is 0 Å². The van der Waals surface area contributed by atoms with Gasteiger partial charge in [-0.15, -0.1) is 0 Å². The van der Waals surface area contributed by atoms with Crippen LogP contribution in [0.25, 0.3) is 0 Å². The number of nitrogens with zero attached hydrogens (tertiary/aromatic N) is 1. The van der Waals surface area contributed by atoms with E-state index >= 15 is 0 Å². The van der Waals surface area contributed by atoms with E-state index in [2.05, 4.69) is 28.2 Å². The molecule has 0 radical (unpaired) electrons. The van der Waals surface area contributed by atoms with Gasteiger partial charge in [-0.1, -0.05) is 0 Å². The first kappa shape index (κ1) is 13.4. The Bertz CT molecular complexity index is 563. The van der Waals surface area contributed by atoms with Crippen molar-refractivity contribution in [2.45, 2.75) is 25.7 Å². The van der Waals surface area contributed by atoms with Crippen LogP contribution in [0, 0.1) is 5.21 Å². The molecule has 0 aromatic heterocycles. The minimum atomic E-state index is 0.409. The molecule has 100 valence electrons. The fourth-order valence-electron chi connectivity index (χ4n) is 1.76. The van der Waals surface area contributed by atoms with Crippen LogP contribution in [0.15, 0.2) is 45.8 Å². The minimum Gasteiger partial charge on any atom is -0.753 e. The van der Waals surface area contributed by atoms with Crippen molar-refractivity contribution >= 4 is 0 Å². The SMILES string of the molecule is COC1=C=C=C(NC2=C=C=C(ON(C)[O-])CC2)CC1. The molecule has 0 unspecified atom stereocenters. The maximum absolute atomic E-state index is 10.7. The van der Waals surface area contributed by atoms with Crippen molar-refractivity contribution in [2.75, 3.05) is 14.2 Å². The van der Waals surface area contributed by atoms with Crippen molar-refractivity contribution in [3.8, 4) is 0 Å². The number of hydrogen-bond donors (Lipinski definition) is 1. The molecule has 0 bridgehead atoms. The van der Waals surface area contributed by atoms with E-state index in [4.69, 9.17) is 9.57 Å². The molecule has 0 aromatic carbocycles. The fourth-order valence-corrected chi connectivity index (χ4v) is 1.76. The van der Waals surface area contributed by atoms with Gasteiger partial charge in [0.25, 0.3) is 0 Å². The maximum Gasteiger partial charge on any atom is 0.173 e. The Hall–Kier alpha value is -2.08. The van der Waals surface area contributed by atoms with Crippen LogP contribution in [0.5, 0.6) is 0 Å². The molecular formula is C14H15N2O3-. The molecule has 0 saturated carbocycles. The van der Waals surface area contributed by atoms with Crippen molar-refractivity contribution in [3.05, 3.63) is 51.0 Å². The first-order valence-corrected chi connectivity index (χ1v) is 6.04. The molecule has 5 nitrogen and oxygen atoms in total. The number of methoxy groups -OCH3 is 1. The van der Waals surface area contributed by atoms with Gasteiger partial charge in [0.1, 0.15) is 5.76 Å². The molecule has 2 rings (SSSR count). The zero-order chi connectivity index (χ0) is 13.7. The lowest BCUT2D eigenvalue weighted by atomic mass is 10.1. The Morgan fingerprint density at radius 1 is 1.00 bits per heavy atom. The van der Waals surface area contributed by atoms with Gasteiger partial charge in [-0.05, 0) is 22.9 Å². The van der Waals surface area contributed by atoms with Gasteiger partial charge >= 0.3 is 0 Å². The second-order valence-corrected chi connectivity index (χ2v) is 4.16. The first-order chi connectivity index (χ1) is 9.17. The van der Waals surface area contributed by atoms with Gasteiger partial charge in [0.2, 0.25) is 0 Å². The molecule has 5 heteroatoms. The molecule has 0 heterocycles. The van der Waals surface area contributed by atoms with Crippen LogP contribution >= 0.6 is 0 Å². The number of nitrogens with one attached hydrogen (secondary N) is 1. The average molecular weight is 259 g/mol. The third kappa shape index (κ3) is 3.96. The topological polar surface area (TPSA) is 56.8 Å². The number of allylic oxidation sites excluding steroid dienone is 4. The Morgan fingerprint density at radius 3 is 2.00 bits per heavy atom. The molecule has 1 N–H and O–H groups in total. The van der Waals surface area contributed by atoms with Crippen molar-refractivity contribution in [3.63, 3.8) is 0 Å². The monoisotopic (exact) mass is 259 g/mol. The zero-order valence-corrected chi connectivity index (χ0v) is 11.0. The van der Waals surface area contributed by atoms with Gasteiger partial charge < -0.3 is 20.1 Å². The molecule has 0 atom stereocenters. The second kappa shape index (κ2) is 6.19. The molecule has 19 heavy (non-hydrogen) atoms. The summed E-state index contributed by atoms with van der Waals surface area (Å²) < 4.78 is 5.09. The van der Waals surface area contributed by atoms with E-state index in [1.807, 2.05) is 0 Å². The molecule has 2 aliphatic rings. The van der Waals surface area contributed by atoms with E-state index in [1.165, 1.54) is 7.05 Å². The van der Waals surface area contributed by atoms with E-state index in [0.29, 0.717) is 17.4 Å². The highest BCUT2D eigenvalue weighted by atomic mass is 16.9. The van der Waals surface area contributed by atoms with Crippen LogP contribution in [0.2, 0.25) is 0 Å². The van der Waals surface area contributed by atoms with E-state index in [9.17, 15) is 5.21 Å². The van der Waals surface area contributed by atoms with Crippen LogP contribution in [-0.2, 0) is 9.57 Å². The molecule has 0 fully saturated rings. The standard InChI is InChI=1S/C14H15N2O3/c1-16(17)19-14-9-5-12(6-10-14)15-11-3-7-13(18-2)8-4-11/h15H,3,5,7,9H2,1-2H3/q-1. The van der Waals surface area contributed by atoms with Crippen LogP contribution in [-0.4, -0.2) is 19.4 Å². The predicted octanol–water partition coefficient (Wildman–Crippen LogP) is 2.21. The number of rotatable bonds is 5. The second-order valence-electron chi connectivity index (χ2n) is 4.16. The lowest BCUT2D eigenvalue weighted by Gasteiger charge is -2.23. The average Bonchev–Trinajstić information content (AvgIpc) is 2.41. The van der Waals surface area contributed by atoms with Gasteiger partial charge in [0.15, 0.2) is 5.76 Å². The number of hydrogen-bond acceptors (Lipinski definition) is 5. The molecular weight excluding hydrogens is 244 g/mol. The molecule has 0 amide bonds. The van der Waals surface area contributed by atoms with Gasteiger partial charge in [0, 0.05) is 32.7 Å². The van der Waals surface area contributed by atoms with Gasteiger partial charge in [-0.2, -0.15) is 0 Å². The van der Waals surface area contributed by atoms with E-state index in [-0.39, 0.29) is 0 Å². The molecule has 2 aliphatic carbocycles. The predicted molar refractivity (Wildman–Crippen MR) is 68.9 cm³/mol. The first-order valence-electron chi connectivity index (χ1n) is 6.04. The molecule has 0 aliphatic heterocycles. The summed E-state index contributed by atoms with van der Waals surface area (Å²) in [6, 6.07) is 0. The minimum absolute atomic E-state index is 0.409. The normalized spacial score (nSPS) is 17.5. The molecule has 0 aromatic rings. The van der Waals surface area contributed by atoms with E-state index in [1.54, 1.807) is 7.11 Å². The summed E-state index contributed by atoms with van der Waals surface area (Å²) in [6.07, 6.45) is 2.99. The summed E-state index contributed by atoms with van der Waals surface area (Å²) in [5.41, 5.74) is 13.6. The maximum atomic E-state index is 10.7. The third-order valence-electron chi connectivity index (χ3n) is 2.70. The fraction of sp³-hybridized carbons (Fsp3) is 0.429. The van der Waals surface area contributed by atoms with Crippen molar-refractivity contribution in [2.24, 2.45) is 0 Å². The quantitative estimate of drug-likeness (QED) is 0.606. The van der Waals surface area contributed by atoms with Crippen LogP contribution in [0.1, 0.15) is 25.7 Å². The van der Waals surface area contributed by atoms with Crippen molar-refractivity contribution in [1.82, 2.24) is 10.5 Å². The third-order valence-corrected chi connectivity index (χ3v) is 2.70. The van der Waals surface area contributed by atoms with Gasteiger partial charge in [-0.25, -0.2) is 5.23 Å². The van der Waals surface area contributed by atoms with Crippen molar-refractivity contribution < 1.29 is 9.57 Å². The van der Waals surface area contributed by atoms with Gasteiger partial charge in [0.05, 0.1) is 18.5 Å². The highest BCUT2D eigenvalue weighted by molar-refractivity contribution is 5.18. The Labute approximate surface area is 112 Å². The lowest BCUT2D eigenvalue weighted by molar-refractivity contribution is -0.0555. The Balaban J connectivity index is 2.10.